The Balaban J connectivity index is 3.94. The molecule has 0 radical (unpaired) electrons. The van der Waals surface area contributed by atoms with E-state index in [4.69, 9.17) is 4.74 Å². The van der Waals surface area contributed by atoms with E-state index in [1.807, 2.05) is 13.8 Å². The van der Waals surface area contributed by atoms with Crippen LogP contribution in [0.15, 0.2) is 0 Å². The molecule has 0 saturated carbocycles. The summed E-state index contributed by atoms with van der Waals surface area (Å²) in [5.74, 6) is -0.119. The summed E-state index contributed by atoms with van der Waals surface area (Å²) in [5, 5.41) is -0.384. The molecule has 0 aliphatic rings. The van der Waals surface area contributed by atoms with Gasteiger partial charge in [0.2, 0.25) is 0 Å². The molecule has 0 aromatic heterocycles. The summed E-state index contributed by atoms with van der Waals surface area (Å²) in [6, 6.07) is 0. The van der Waals surface area contributed by atoms with E-state index in [0.717, 1.165) is 12.8 Å². The van der Waals surface area contributed by atoms with Crippen LogP contribution >= 0.6 is 9.24 Å². The molecule has 11 heavy (non-hydrogen) atoms. The van der Waals surface area contributed by atoms with Crippen LogP contribution in [0.5, 0.6) is 0 Å². The number of rotatable bonds is 4. The summed E-state index contributed by atoms with van der Waals surface area (Å²) in [4.78, 5) is 11.2. The highest BCUT2D eigenvalue weighted by atomic mass is 31.0. The Hall–Kier alpha value is -0.100. The van der Waals surface area contributed by atoms with Crippen molar-refractivity contribution in [1.82, 2.24) is 0 Å². The first kappa shape index (κ1) is 10.9. The van der Waals surface area contributed by atoms with Crippen LogP contribution in [0.25, 0.3) is 0 Å². The maximum Gasteiger partial charge on any atom is 0.315 e. The van der Waals surface area contributed by atoms with Gasteiger partial charge in [0.15, 0.2) is 0 Å². The lowest BCUT2D eigenvalue weighted by atomic mass is 10.1. The molecule has 0 aliphatic carbocycles. The molecular formula is C8H17O2P. The van der Waals surface area contributed by atoms with Crippen molar-refractivity contribution < 1.29 is 9.53 Å². The Labute approximate surface area is 70.9 Å². The van der Waals surface area contributed by atoms with Gasteiger partial charge in [-0.05, 0) is 20.3 Å². The molecule has 2 nitrogen and oxygen atoms in total. The number of carbonyl (C=O) groups excluding carboxylic acids is 1. The zero-order valence-electron chi connectivity index (χ0n) is 7.52. The zero-order chi connectivity index (χ0) is 8.91. The highest BCUT2D eigenvalue weighted by molar-refractivity contribution is 7.20. The molecule has 3 heteroatoms. The maximum absolute atomic E-state index is 11.2. The largest absolute Gasteiger partial charge is 0.465 e. The van der Waals surface area contributed by atoms with Gasteiger partial charge in [-0.1, -0.05) is 13.3 Å². The second-order valence-corrected chi connectivity index (χ2v) is 4.16. The molecule has 0 saturated heterocycles. The summed E-state index contributed by atoms with van der Waals surface area (Å²) in [5.41, 5.74) is 0. The molecule has 0 N–H and O–H groups in total. The van der Waals surface area contributed by atoms with Crippen molar-refractivity contribution >= 4 is 15.2 Å². The van der Waals surface area contributed by atoms with Crippen molar-refractivity contribution in [1.29, 1.82) is 0 Å². The number of hydrogen-bond acceptors (Lipinski definition) is 2. The summed E-state index contributed by atoms with van der Waals surface area (Å²) in [6.45, 7) is 6.23. The molecule has 2 unspecified atom stereocenters. The van der Waals surface area contributed by atoms with Crippen molar-refractivity contribution in [3.63, 3.8) is 0 Å². The Bertz CT molecular complexity index is 132. The molecule has 2 atom stereocenters. The van der Waals surface area contributed by atoms with E-state index in [1.165, 1.54) is 0 Å². The van der Waals surface area contributed by atoms with E-state index in [2.05, 4.69) is 16.2 Å². The minimum absolute atomic E-state index is 0.119. The fourth-order valence-electron chi connectivity index (χ4n) is 0.917. The van der Waals surface area contributed by atoms with E-state index < -0.39 is 0 Å². The van der Waals surface area contributed by atoms with Crippen LogP contribution in [0.1, 0.15) is 33.6 Å². The Kier molecular flexibility index (Phi) is 4.67. The predicted octanol–water partition coefficient (Wildman–Crippen LogP) is 1.98. The first-order valence-corrected chi connectivity index (χ1v) is 4.58. The molecule has 0 heterocycles. The van der Waals surface area contributed by atoms with Crippen molar-refractivity contribution in [3.05, 3.63) is 0 Å². The minimum atomic E-state index is -0.384. The van der Waals surface area contributed by atoms with Gasteiger partial charge in [0, 0.05) is 0 Å². The van der Waals surface area contributed by atoms with Gasteiger partial charge in [-0.2, -0.15) is 0 Å². The quantitative estimate of drug-likeness (QED) is 0.483. The molecule has 66 valence electrons. The second-order valence-electron chi connectivity index (χ2n) is 2.89. The van der Waals surface area contributed by atoms with Gasteiger partial charge in [-0.3, -0.25) is 4.79 Å². The molecule has 0 bridgehead atoms. The topological polar surface area (TPSA) is 26.3 Å². The van der Waals surface area contributed by atoms with Gasteiger partial charge in [-0.15, -0.1) is 9.24 Å². The second kappa shape index (κ2) is 4.71. The van der Waals surface area contributed by atoms with E-state index in [-0.39, 0.29) is 11.1 Å². The summed E-state index contributed by atoms with van der Waals surface area (Å²) in [7, 11) is 2.55. The van der Waals surface area contributed by atoms with E-state index in [0.29, 0.717) is 6.61 Å². The van der Waals surface area contributed by atoms with E-state index >= 15 is 0 Å². The third-order valence-corrected chi connectivity index (χ3v) is 2.04. The third-order valence-electron chi connectivity index (χ3n) is 1.51. The van der Waals surface area contributed by atoms with Crippen LogP contribution in [0.4, 0.5) is 0 Å². The van der Waals surface area contributed by atoms with Gasteiger partial charge in [0.1, 0.15) is 0 Å². The van der Waals surface area contributed by atoms with E-state index in [1.54, 1.807) is 0 Å². The van der Waals surface area contributed by atoms with Gasteiger partial charge in [-0.25, -0.2) is 0 Å². The minimum Gasteiger partial charge on any atom is -0.465 e. The lowest BCUT2D eigenvalue weighted by Crippen LogP contribution is -2.30. The summed E-state index contributed by atoms with van der Waals surface area (Å²) < 4.78 is 4.90. The van der Waals surface area contributed by atoms with Crippen LogP contribution in [0.3, 0.4) is 0 Å². The number of esters is 1. The molecule has 0 aromatic carbocycles. The third kappa shape index (κ3) is 3.71. The summed E-state index contributed by atoms with van der Waals surface area (Å²) >= 11 is 0. The van der Waals surface area contributed by atoms with Gasteiger partial charge < -0.3 is 4.74 Å². The first-order valence-electron chi connectivity index (χ1n) is 4.00. The standard InChI is InChI=1S/C8H17O2P/c1-4-6-8(3,11)7(9)10-5-2/h4-6,11H2,1-3H3. The Morgan fingerprint density at radius 1 is 1.55 bits per heavy atom. The monoisotopic (exact) mass is 176 g/mol. The number of ether oxygens (including phenoxy) is 1. The van der Waals surface area contributed by atoms with Gasteiger partial charge >= 0.3 is 5.97 Å². The zero-order valence-corrected chi connectivity index (χ0v) is 8.67. The first-order chi connectivity index (χ1) is 5.04. The maximum atomic E-state index is 11.2. The van der Waals surface area contributed by atoms with Crippen molar-refractivity contribution in [2.24, 2.45) is 0 Å². The van der Waals surface area contributed by atoms with Crippen molar-refractivity contribution in [2.45, 2.75) is 38.8 Å². The highest BCUT2D eigenvalue weighted by Gasteiger charge is 2.27. The molecule has 0 spiro atoms. The van der Waals surface area contributed by atoms with E-state index in [9.17, 15) is 4.79 Å². The van der Waals surface area contributed by atoms with Gasteiger partial charge in [0.05, 0.1) is 11.8 Å². The van der Waals surface area contributed by atoms with Crippen LogP contribution in [0, 0.1) is 0 Å². The molecule has 0 fully saturated rings. The average molecular weight is 176 g/mol. The lowest BCUT2D eigenvalue weighted by molar-refractivity contribution is -0.145. The van der Waals surface area contributed by atoms with Crippen LogP contribution < -0.4 is 0 Å². The van der Waals surface area contributed by atoms with Crippen LogP contribution in [0.2, 0.25) is 0 Å². The van der Waals surface area contributed by atoms with Crippen molar-refractivity contribution in [3.8, 4) is 0 Å². The molecule has 0 rings (SSSR count). The average Bonchev–Trinajstić information content (AvgIpc) is 1.88. The lowest BCUT2D eigenvalue weighted by Gasteiger charge is -2.20. The summed E-state index contributed by atoms with van der Waals surface area (Å²) in [6.07, 6.45) is 1.86. The SMILES string of the molecule is CCCC(C)(P)C(=O)OCC. The Morgan fingerprint density at radius 2 is 2.09 bits per heavy atom. The van der Waals surface area contributed by atoms with Crippen molar-refractivity contribution in [2.75, 3.05) is 6.61 Å². The number of hydrogen-bond donors (Lipinski definition) is 0. The normalized spacial score (nSPS) is 15.6. The smallest absolute Gasteiger partial charge is 0.315 e. The van der Waals surface area contributed by atoms with Crippen LogP contribution in [-0.4, -0.2) is 17.7 Å². The highest BCUT2D eigenvalue weighted by Crippen LogP contribution is 2.25. The van der Waals surface area contributed by atoms with Crippen LogP contribution in [-0.2, 0) is 9.53 Å². The Morgan fingerprint density at radius 3 is 2.45 bits per heavy atom. The van der Waals surface area contributed by atoms with Gasteiger partial charge in [0.25, 0.3) is 0 Å². The predicted molar refractivity (Wildman–Crippen MR) is 49.7 cm³/mol. The molecule has 0 aromatic rings. The fourth-order valence-corrected chi connectivity index (χ4v) is 1.29. The number of carbonyl (C=O) groups is 1. The molecular weight excluding hydrogens is 159 g/mol. The fraction of sp³-hybridized carbons (Fsp3) is 0.875. The molecule has 0 aliphatic heterocycles. The molecule has 0 amide bonds.